The quantitative estimate of drug-likeness (QED) is 0.668. The molecule has 6 nitrogen and oxygen atoms in total. The number of carbonyl (C=O) groups is 2. The van der Waals surface area contributed by atoms with Crippen molar-refractivity contribution in [1.29, 1.82) is 0 Å². The second-order valence-electron chi connectivity index (χ2n) is 8.18. The highest BCUT2D eigenvalue weighted by molar-refractivity contribution is 5.98. The normalized spacial score (nSPS) is 17.3. The van der Waals surface area contributed by atoms with Gasteiger partial charge in [0.05, 0.1) is 13.2 Å². The first-order chi connectivity index (χ1) is 13.8. The molecule has 0 aliphatic carbocycles. The van der Waals surface area contributed by atoms with E-state index in [0.29, 0.717) is 0 Å². The number of rotatable bonds is 8. The molecule has 1 aliphatic rings. The van der Waals surface area contributed by atoms with E-state index in [1.807, 2.05) is 58.2 Å². The number of benzene rings is 1. The van der Waals surface area contributed by atoms with Crippen LogP contribution in [0.25, 0.3) is 0 Å². The van der Waals surface area contributed by atoms with Gasteiger partial charge in [0.15, 0.2) is 6.54 Å². The van der Waals surface area contributed by atoms with Crippen LogP contribution in [0, 0.1) is 20.8 Å². The molecule has 1 aromatic heterocycles. The maximum atomic E-state index is 12.9. The number of Topliss-reactive ketones (excluding diaryl/α,β-unsaturated/α-hetero) is 1. The molecule has 156 valence electrons. The van der Waals surface area contributed by atoms with Crippen LogP contribution in [0.4, 0.5) is 5.69 Å². The van der Waals surface area contributed by atoms with Gasteiger partial charge in [-0.05, 0) is 51.8 Å². The van der Waals surface area contributed by atoms with Crippen LogP contribution in [-0.4, -0.2) is 49.1 Å². The molecule has 0 saturated carbocycles. The number of carbonyl (C=O) groups excluding carboxylic acids is 2. The zero-order valence-corrected chi connectivity index (χ0v) is 17.9. The summed E-state index contributed by atoms with van der Waals surface area (Å²) >= 11 is 0. The maximum Gasteiger partial charge on any atom is 0.279 e. The number of aromatic nitrogens is 1. The Morgan fingerprint density at radius 3 is 2.55 bits per heavy atom. The van der Waals surface area contributed by atoms with E-state index in [1.54, 1.807) is 0 Å². The predicted octanol–water partition coefficient (Wildman–Crippen LogP) is 1.93. The van der Waals surface area contributed by atoms with Crippen LogP contribution in [0.3, 0.4) is 0 Å². The Morgan fingerprint density at radius 2 is 1.90 bits per heavy atom. The van der Waals surface area contributed by atoms with Crippen LogP contribution >= 0.6 is 0 Å². The molecule has 1 aromatic carbocycles. The van der Waals surface area contributed by atoms with Gasteiger partial charge >= 0.3 is 0 Å². The summed E-state index contributed by atoms with van der Waals surface area (Å²) < 4.78 is 7.93. The van der Waals surface area contributed by atoms with E-state index in [0.717, 1.165) is 59.1 Å². The van der Waals surface area contributed by atoms with E-state index in [2.05, 4.69) is 9.88 Å². The van der Waals surface area contributed by atoms with Gasteiger partial charge in [-0.1, -0.05) is 17.7 Å². The number of likely N-dealkylation sites (N-methyl/N-ethyl adjacent to an activating group) is 1. The van der Waals surface area contributed by atoms with Crippen molar-refractivity contribution < 1.29 is 19.2 Å². The number of amides is 1. The van der Waals surface area contributed by atoms with E-state index in [9.17, 15) is 9.59 Å². The third-order valence-electron chi connectivity index (χ3n) is 5.54. The fraction of sp³-hybridized carbons (Fsp3) is 0.478. The first-order valence-electron chi connectivity index (χ1n) is 10.3. The van der Waals surface area contributed by atoms with E-state index >= 15 is 0 Å². The van der Waals surface area contributed by atoms with Gasteiger partial charge in [0.1, 0.15) is 6.54 Å². The molecule has 1 aliphatic heterocycles. The summed E-state index contributed by atoms with van der Waals surface area (Å²) in [4.78, 5) is 26.0. The van der Waals surface area contributed by atoms with Crippen LogP contribution < -0.4 is 10.2 Å². The van der Waals surface area contributed by atoms with Crippen molar-refractivity contribution in [2.75, 3.05) is 32.1 Å². The molecule has 2 aromatic rings. The molecule has 2 atom stereocenters. The van der Waals surface area contributed by atoms with E-state index in [4.69, 9.17) is 4.74 Å². The summed E-state index contributed by atoms with van der Waals surface area (Å²) in [6, 6.07) is 9.66. The van der Waals surface area contributed by atoms with Gasteiger partial charge in [-0.2, -0.15) is 0 Å². The molecule has 1 amide bonds. The molecule has 1 fully saturated rings. The number of quaternary nitrogens is 1. The first-order valence-corrected chi connectivity index (χ1v) is 10.3. The average Bonchev–Trinajstić information content (AvgIpc) is 3.27. The Hall–Kier alpha value is -2.44. The van der Waals surface area contributed by atoms with Crippen molar-refractivity contribution >= 4 is 17.4 Å². The minimum Gasteiger partial charge on any atom is -0.376 e. The van der Waals surface area contributed by atoms with Crippen LogP contribution in [0.2, 0.25) is 0 Å². The molecule has 0 radical (unpaired) electrons. The van der Waals surface area contributed by atoms with Gasteiger partial charge < -0.3 is 19.5 Å². The lowest BCUT2D eigenvalue weighted by molar-refractivity contribution is -0.861. The van der Waals surface area contributed by atoms with Gasteiger partial charge in [-0.15, -0.1) is 0 Å². The highest BCUT2D eigenvalue weighted by atomic mass is 16.5. The monoisotopic (exact) mass is 398 g/mol. The number of ether oxygens (including phenoxy) is 1. The SMILES string of the molecule is Cc1ccc(NC(=O)C[NH+](C)CC(=O)c2cc(C)n(C[C@@H]3CCCO3)c2C)cc1. The molecular formula is C23H32N3O3+. The van der Waals surface area contributed by atoms with Crippen molar-refractivity contribution in [3.8, 4) is 0 Å². The smallest absolute Gasteiger partial charge is 0.279 e. The van der Waals surface area contributed by atoms with Crippen LogP contribution in [0.5, 0.6) is 0 Å². The summed E-state index contributed by atoms with van der Waals surface area (Å²) in [6.07, 6.45) is 2.42. The summed E-state index contributed by atoms with van der Waals surface area (Å²) in [5.74, 6) is -0.0275. The maximum absolute atomic E-state index is 12.9. The van der Waals surface area contributed by atoms with Gasteiger partial charge in [-0.25, -0.2) is 0 Å². The van der Waals surface area contributed by atoms with Crippen molar-refractivity contribution in [3.05, 3.63) is 52.8 Å². The number of nitrogens with one attached hydrogen (secondary N) is 2. The minimum absolute atomic E-state index is 0.0670. The Morgan fingerprint density at radius 1 is 1.17 bits per heavy atom. The number of anilines is 1. The average molecular weight is 399 g/mol. The molecule has 2 heterocycles. The molecular weight excluding hydrogens is 366 g/mol. The molecule has 3 rings (SSSR count). The van der Waals surface area contributed by atoms with Crippen molar-refractivity contribution in [3.63, 3.8) is 0 Å². The topological polar surface area (TPSA) is 64.8 Å². The van der Waals surface area contributed by atoms with Crippen molar-refractivity contribution in [2.24, 2.45) is 0 Å². The van der Waals surface area contributed by atoms with Crippen LogP contribution in [-0.2, 0) is 16.1 Å². The molecule has 0 bridgehead atoms. The second kappa shape index (κ2) is 9.37. The standard InChI is InChI=1S/C23H31N3O3/c1-16-7-9-19(10-8-16)24-23(28)15-25(4)14-22(27)21-12-17(2)26(18(21)3)13-20-6-5-11-29-20/h7-10,12,20H,5-6,11,13-15H2,1-4H3,(H,24,28)/p+1/t20-/m0/s1. The molecule has 6 heteroatoms. The van der Waals surface area contributed by atoms with Crippen LogP contribution in [0.15, 0.2) is 30.3 Å². The Labute approximate surface area is 172 Å². The summed E-state index contributed by atoms with van der Waals surface area (Å²) in [5, 5.41) is 2.89. The lowest BCUT2D eigenvalue weighted by Crippen LogP contribution is -3.11. The molecule has 1 unspecified atom stereocenters. The number of aryl methyl sites for hydroxylation is 2. The fourth-order valence-corrected chi connectivity index (χ4v) is 3.90. The Kier molecular flexibility index (Phi) is 6.87. The first kappa shape index (κ1) is 21.3. The van der Waals surface area contributed by atoms with Crippen molar-refractivity contribution in [1.82, 2.24) is 4.57 Å². The summed E-state index contributed by atoms with van der Waals surface area (Å²) in [7, 11) is 1.87. The second-order valence-corrected chi connectivity index (χ2v) is 8.18. The third kappa shape index (κ3) is 5.55. The Bertz CT molecular complexity index is 864. The Balaban J connectivity index is 1.56. The zero-order valence-electron chi connectivity index (χ0n) is 17.9. The highest BCUT2D eigenvalue weighted by Gasteiger charge is 2.23. The number of nitrogens with zero attached hydrogens (tertiary/aromatic N) is 1. The van der Waals surface area contributed by atoms with E-state index in [1.165, 1.54) is 0 Å². The highest BCUT2D eigenvalue weighted by Crippen LogP contribution is 2.20. The largest absolute Gasteiger partial charge is 0.376 e. The van der Waals surface area contributed by atoms with Crippen molar-refractivity contribution in [2.45, 2.75) is 46.3 Å². The van der Waals surface area contributed by atoms with E-state index in [-0.39, 0.29) is 30.9 Å². The lowest BCUT2D eigenvalue weighted by Gasteiger charge is -2.15. The van der Waals surface area contributed by atoms with Gasteiger partial charge in [0.2, 0.25) is 5.78 Å². The summed E-state index contributed by atoms with van der Waals surface area (Å²) in [5.41, 5.74) is 4.74. The minimum atomic E-state index is -0.0944. The number of hydrogen-bond donors (Lipinski definition) is 2. The predicted molar refractivity (Wildman–Crippen MR) is 114 cm³/mol. The zero-order chi connectivity index (χ0) is 21.0. The molecule has 29 heavy (non-hydrogen) atoms. The lowest BCUT2D eigenvalue weighted by atomic mass is 10.1. The molecule has 2 N–H and O–H groups in total. The molecule has 1 saturated heterocycles. The summed E-state index contributed by atoms with van der Waals surface area (Å²) in [6.45, 7) is 8.19. The third-order valence-corrected chi connectivity index (χ3v) is 5.54. The van der Waals surface area contributed by atoms with Gasteiger partial charge in [-0.3, -0.25) is 9.59 Å². The number of ketones is 1. The fourth-order valence-electron chi connectivity index (χ4n) is 3.90. The van der Waals surface area contributed by atoms with Gasteiger partial charge in [0.25, 0.3) is 5.91 Å². The van der Waals surface area contributed by atoms with Gasteiger partial charge in [0, 0.05) is 35.8 Å². The number of hydrogen-bond acceptors (Lipinski definition) is 3. The van der Waals surface area contributed by atoms with E-state index < -0.39 is 0 Å². The van der Waals surface area contributed by atoms with Crippen LogP contribution in [0.1, 0.15) is 40.2 Å². The molecule has 0 spiro atoms.